The van der Waals surface area contributed by atoms with E-state index in [9.17, 15) is 4.79 Å². The van der Waals surface area contributed by atoms with Crippen LogP contribution in [0.5, 0.6) is 0 Å². The monoisotopic (exact) mass is 282 g/mol. The summed E-state index contributed by atoms with van der Waals surface area (Å²) < 4.78 is 0. The molecule has 21 heavy (non-hydrogen) atoms. The molecule has 0 aliphatic heterocycles. The minimum atomic E-state index is -1.23. The molecule has 0 saturated carbocycles. The van der Waals surface area contributed by atoms with Gasteiger partial charge in [-0.05, 0) is 23.8 Å². The maximum Gasteiger partial charge on any atom is 0.379 e. The van der Waals surface area contributed by atoms with Crippen molar-refractivity contribution in [1.82, 2.24) is 4.98 Å². The van der Waals surface area contributed by atoms with Gasteiger partial charge in [-0.2, -0.15) is 5.26 Å². The molecule has 104 valence electrons. The van der Waals surface area contributed by atoms with E-state index >= 15 is 0 Å². The molecule has 0 amide bonds. The molecule has 7 heteroatoms. The number of H-pyrrole nitrogens is 1. The fourth-order valence-corrected chi connectivity index (χ4v) is 1.64. The highest BCUT2D eigenvalue weighted by atomic mass is 16.4. The van der Waals surface area contributed by atoms with Crippen LogP contribution in [0, 0.1) is 11.3 Å². The number of aromatic amines is 1. The van der Waals surface area contributed by atoms with Gasteiger partial charge in [0.25, 0.3) is 11.5 Å². The number of rotatable bonds is 3. The first-order valence-electron chi connectivity index (χ1n) is 5.91. The maximum atomic E-state index is 10.9. The predicted molar refractivity (Wildman–Crippen MR) is 76.7 cm³/mol. The van der Waals surface area contributed by atoms with Crippen molar-refractivity contribution in [2.24, 2.45) is 0 Å². The van der Waals surface area contributed by atoms with E-state index in [1.54, 1.807) is 36.4 Å². The molecular weight excluding hydrogens is 270 g/mol. The molecule has 0 aliphatic carbocycles. The number of nitrogens with two attached hydrogens (primary N) is 2. The summed E-state index contributed by atoms with van der Waals surface area (Å²) in [5.41, 5.74) is 12.8. The van der Waals surface area contributed by atoms with E-state index in [1.807, 2.05) is 6.07 Å². The molecule has 2 aromatic rings. The molecule has 1 aromatic heterocycles. The Labute approximate surface area is 120 Å². The fourth-order valence-electron chi connectivity index (χ4n) is 1.64. The van der Waals surface area contributed by atoms with Crippen LogP contribution >= 0.6 is 0 Å². The lowest BCUT2D eigenvalue weighted by atomic mass is 10.1. The fraction of sp³-hybridized carbons (Fsp3) is 0. The minimum Gasteiger partial charge on any atom is -0.475 e. The second-order valence-electron chi connectivity index (χ2n) is 4.17. The third kappa shape index (κ3) is 3.13. The van der Waals surface area contributed by atoms with Crippen LogP contribution in [0.3, 0.4) is 0 Å². The van der Waals surface area contributed by atoms with Gasteiger partial charge in [0, 0.05) is 0 Å². The highest BCUT2D eigenvalue weighted by Crippen LogP contribution is 2.13. The quantitative estimate of drug-likeness (QED) is 0.760. The third-order valence-corrected chi connectivity index (χ3v) is 2.72. The van der Waals surface area contributed by atoms with Crippen molar-refractivity contribution in [3.05, 3.63) is 46.8 Å². The van der Waals surface area contributed by atoms with Crippen LogP contribution in [0.1, 0.15) is 27.3 Å². The summed E-state index contributed by atoms with van der Waals surface area (Å²) in [5.74, 6) is -1.27. The molecule has 2 rings (SSSR count). The Balaban J connectivity index is 2.30. The van der Waals surface area contributed by atoms with Gasteiger partial charge < -0.3 is 10.8 Å². The first-order chi connectivity index (χ1) is 10.0. The van der Waals surface area contributed by atoms with E-state index in [0.717, 1.165) is 5.56 Å². The Kier molecular flexibility index (Phi) is 3.81. The van der Waals surface area contributed by atoms with Crippen molar-refractivity contribution in [3.8, 4) is 6.07 Å². The number of nitrogens with one attached hydrogen (secondary N) is 1. The van der Waals surface area contributed by atoms with Gasteiger partial charge in [0.1, 0.15) is 0 Å². The van der Waals surface area contributed by atoms with Crippen LogP contribution in [-0.2, 0) is 0 Å². The smallest absolute Gasteiger partial charge is 0.379 e. The number of carboxylic acids is 1. The average Bonchev–Trinajstić information content (AvgIpc) is 2.48. The van der Waals surface area contributed by atoms with Crippen LogP contribution in [0.2, 0.25) is 0 Å². The topological polar surface area (TPSA) is 140 Å². The normalized spacial score (nSPS) is 10.4. The second kappa shape index (κ2) is 5.71. The Morgan fingerprint density at radius 1 is 1.29 bits per heavy atom. The molecule has 0 spiro atoms. The largest absolute Gasteiger partial charge is 0.475 e. The highest BCUT2D eigenvalue weighted by Gasteiger charge is 2.18. The third-order valence-electron chi connectivity index (χ3n) is 2.72. The Morgan fingerprint density at radius 3 is 2.52 bits per heavy atom. The number of benzene rings is 1. The maximum absolute atomic E-state index is 10.9. The molecular formula is C14H12N5O2+. The summed E-state index contributed by atoms with van der Waals surface area (Å²) >= 11 is 0. The molecule has 0 fully saturated rings. The number of carboxylic acid groups (broad SMARTS) is 1. The van der Waals surface area contributed by atoms with Crippen LogP contribution in [0.15, 0.2) is 24.3 Å². The van der Waals surface area contributed by atoms with Crippen molar-refractivity contribution < 1.29 is 14.9 Å². The van der Waals surface area contributed by atoms with Crippen molar-refractivity contribution in [3.63, 3.8) is 0 Å². The van der Waals surface area contributed by atoms with Crippen molar-refractivity contribution in [2.45, 2.75) is 0 Å². The Bertz CT molecular complexity index is 760. The zero-order chi connectivity index (χ0) is 15.4. The lowest BCUT2D eigenvalue weighted by Gasteiger charge is -2.00. The van der Waals surface area contributed by atoms with Crippen molar-refractivity contribution in [2.75, 3.05) is 11.5 Å². The first kappa shape index (κ1) is 14.0. The number of anilines is 2. The molecule has 1 aromatic carbocycles. The number of carbonyl (C=O) groups is 1. The lowest BCUT2D eigenvalue weighted by molar-refractivity contribution is -0.365. The Hall–Kier alpha value is -3.40. The molecule has 0 atom stereocenters. The zero-order valence-electron chi connectivity index (χ0n) is 10.9. The summed E-state index contributed by atoms with van der Waals surface area (Å²) in [6, 6.07) is 8.93. The number of nitrogen functional groups attached to an aromatic ring is 2. The van der Waals surface area contributed by atoms with Gasteiger partial charge in [0.2, 0.25) is 0 Å². The van der Waals surface area contributed by atoms with Crippen LogP contribution < -0.4 is 16.5 Å². The van der Waals surface area contributed by atoms with E-state index in [1.165, 1.54) is 0 Å². The summed E-state index contributed by atoms with van der Waals surface area (Å²) in [6.07, 6.45) is 3.34. The SMILES string of the molecule is N#Cc1ccc(C=Cc2nc(N)c(C(=O)O)[nH+]c2N)cc1. The summed E-state index contributed by atoms with van der Waals surface area (Å²) in [4.78, 5) is 17.3. The lowest BCUT2D eigenvalue weighted by Crippen LogP contribution is -2.25. The summed E-state index contributed by atoms with van der Waals surface area (Å²) in [7, 11) is 0. The number of aromatic carboxylic acids is 1. The van der Waals surface area contributed by atoms with Crippen LogP contribution in [-0.4, -0.2) is 16.1 Å². The molecule has 0 unspecified atom stereocenters. The van der Waals surface area contributed by atoms with E-state index < -0.39 is 5.97 Å². The summed E-state index contributed by atoms with van der Waals surface area (Å²) in [5, 5.41) is 17.6. The van der Waals surface area contributed by atoms with Gasteiger partial charge in [0.05, 0.1) is 11.6 Å². The number of hydrogen-bond donors (Lipinski definition) is 3. The van der Waals surface area contributed by atoms with Crippen LogP contribution in [0.4, 0.5) is 11.6 Å². The molecule has 0 saturated heterocycles. The van der Waals surface area contributed by atoms with E-state index in [-0.39, 0.29) is 17.3 Å². The van der Waals surface area contributed by atoms with Crippen molar-refractivity contribution >= 4 is 29.8 Å². The number of nitriles is 1. The molecule has 1 heterocycles. The van der Waals surface area contributed by atoms with E-state index in [2.05, 4.69) is 9.97 Å². The minimum absolute atomic E-state index is 0.103. The molecule has 7 nitrogen and oxygen atoms in total. The van der Waals surface area contributed by atoms with Gasteiger partial charge in [0.15, 0.2) is 11.5 Å². The first-order valence-corrected chi connectivity index (χ1v) is 5.91. The van der Waals surface area contributed by atoms with Gasteiger partial charge >= 0.3 is 5.97 Å². The standard InChI is InChI=1S/C14H11N5O2/c15-7-9-3-1-8(2-4-9)5-6-10-12(16)19-11(14(20)21)13(17)18-10/h1-6H,(H2,16,19)(H2,17,18)(H,20,21)/p+1. The zero-order valence-corrected chi connectivity index (χ0v) is 10.9. The van der Waals surface area contributed by atoms with E-state index in [0.29, 0.717) is 11.3 Å². The average molecular weight is 282 g/mol. The second-order valence-corrected chi connectivity index (χ2v) is 4.17. The molecule has 6 N–H and O–H groups in total. The highest BCUT2D eigenvalue weighted by molar-refractivity contribution is 5.89. The van der Waals surface area contributed by atoms with Gasteiger partial charge in [-0.1, -0.05) is 18.2 Å². The number of hydrogen-bond acceptors (Lipinski definition) is 5. The number of aromatic nitrogens is 2. The van der Waals surface area contributed by atoms with Crippen LogP contribution in [0.25, 0.3) is 12.2 Å². The predicted octanol–water partition coefficient (Wildman–Crippen LogP) is 0.800. The summed E-state index contributed by atoms with van der Waals surface area (Å²) in [6.45, 7) is 0. The van der Waals surface area contributed by atoms with Crippen molar-refractivity contribution in [1.29, 1.82) is 5.26 Å². The molecule has 0 aliphatic rings. The number of nitrogens with zero attached hydrogens (tertiary/aromatic N) is 2. The molecule has 0 radical (unpaired) electrons. The van der Waals surface area contributed by atoms with Gasteiger partial charge in [-0.25, -0.2) is 14.8 Å². The van der Waals surface area contributed by atoms with E-state index in [4.69, 9.17) is 21.8 Å². The molecule has 0 bridgehead atoms. The van der Waals surface area contributed by atoms with Gasteiger partial charge in [-0.3, -0.25) is 5.73 Å². The Morgan fingerprint density at radius 2 is 1.95 bits per heavy atom. The van der Waals surface area contributed by atoms with Gasteiger partial charge in [-0.15, -0.1) is 0 Å².